The summed E-state index contributed by atoms with van der Waals surface area (Å²) in [7, 11) is 0. The second-order valence-corrected chi connectivity index (χ2v) is 8.92. The van der Waals surface area contributed by atoms with E-state index in [1.807, 2.05) is 0 Å². The summed E-state index contributed by atoms with van der Waals surface area (Å²) in [5.41, 5.74) is -0.189. The smallest absolute Gasteiger partial charge is 0.175 e. The van der Waals surface area contributed by atoms with Crippen LogP contribution in [0.15, 0.2) is 0 Å². The highest BCUT2D eigenvalue weighted by Gasteiger charge is 2.24. The number of rotatable bonds is 13. The van der Waals surface area contributed by atoms with Gasteiger partial charge in [-0.2, -0.15) is 10.4 Å². The molecule has 2 rings (SSSR count). The monoisotopic (exact) mass is 406 g/mol. The molecule has 0 aliphatic heterocycles. The lowest BCUT2D eigenvalue weighted by atomic mass is 9.82. The number of tetrazole rings is 2. The topological polar surface area (TPSA) is 143 Å². The molecule has 0 bridgehead atoms. The van der Waals surface area contributed by atoms with Crippen molar-refractivity contribution in [1.29, 1.82) is 0 Å². The molecule has 10 nitrogen and oxygen atoms in total. The van der Waals surface area contributed by atoms with Gasteiger partial charge in [0.05, 0.1) is 0 Å². The Kier molecular flexibility index (Phi) is 9.19. The molecular weight excluding hydrogens is 372 g/mol. The van der Waals surface area contributed by atoms with Crippen molar-refractivity contribution in [2.45, 2.75) is 86.5 Å². The molecule has 0 saturated heterocycles. The van der Waals surface area contributed by atoms with Crippen molar-refractivity contribution in [2.75, 3.05) is 0 Å². The normalized spacial score (nSPS) is 11.9. The van der Waals surface area contributed by atoms with Crippen molar-refractivity contribution in [3.8, 4) is 0 Å². The molecule has 0 radical (unpaired) electrons. The van der Waals surface area contributed by atoms with Gasteiger partial charge in [0, 0.05) is 38.5 Å². The first-order valence-corrected chi connectivity index (χ1v) is 9.63. The molecule has 0 aliphatic carbocycles. The number of aromatic nitrogens is 8. The van der Waals surface area contributed by atoms with Crippen molar-refractivity contribution < 1.29 is 9.59 Å². The van der Waals surface area contributed by atoms with Crippen molar-refractivity contribution in [2.24, 2.45) is 10.8 Å². The van der Waals surface area contributed by atoms with Crippen LogP contribution in [0, 0.1) is 10.8 Å². The minimum absolute atomic E-state index is 0. The molecular formula is C19H34N8O2. The predicted octanol–water partition coefficient (Wildman–Crippen LogP) is 2.67. The van der Waals surface area contributed by atoms with E-state index in [-0.39, 0.29) is 29.8 Å². The Balaban J connectivity index is 0.00000420. The van der Waals surface area contributed by atoms with Crippen LogP contribution in [-0.2, 0) is 22.4 Å². The summed E-state index contributed by atoms with van der Waals surface area (Å²) in [5, 5.41) is 27.8. The average molecular weight is 407 g/mol. The zero-order valence-corrected chi connectivity index (χ0v) is 17.2. The van der Waals surface area contributed by atoms with E-state index in [4.69, 9.17) is 0 Å². The molecule has 10 heteroatoms. The fourth-order valence-electron chi connectivity index (χ4n) is 3.03. The van der Waals surface area contributed by atoms with Gasteiger partial charge in [0.2, 0.25) is 0 Å². The Hall–Kier alpha value is -2.52. The summed E-state index contributed by atoms with van der Waals surface area (Å²) in [4.78, 5) is 24.4. The Labute approximate surface area is 172 Å². The molecule has 0 saturated carbocycles. The molecule has 162 valence electrons. The van der Waals surface area contributed by atoms with Crippen molar-refractivity contribution in [3.05, 3.63) is 11.6 Å². The standard InChI is InChI=1S/C18H30N8O2.CH4/c1-17(2,11-15-19-23-24-20-15)9-7-13(27)5-6-14(28)8-10-18(3,4)12-16-21-25-26-22-16;/h5-12H2,1-4H3,(H,19,20,23,24)(H,21,22,25,26);1H4. The number of nitrogens with zero attached hydrogens (tertiary/aromatic N) is 6. The second-order valence-electron chi connectivity index (χ2n) is 8.92. The van der Waals surface area contributed by atoms with Crippen LogP contribution < -0.4 is 0 Å². The Morgan fingerprint density at radius 2 is 1.10 bits per heavy atom. The predicted molar refractivity (Wildman–Crippen MR) is 108 cm³/mol. The lowest BCUT2D eigenvalue weighted by molar-refractivity contribution is -0.124. The summed E-state index contributed by atoms with van der Waals surface area (Å²) in [6.45, 7) is 8.31. The van der Waals surface area contributed by atoms with Crippen LogP contribution in [0.25, 0.3) is 0 Å². The van der Waals surface area contributed by atoms with E-state index in [0.29, 0.717) is 50.2 Å². The van der Waals surface area contributed by atoms with E-state index in [1.54, 1.807) is 0 Å². The maximum Gasteiger partial charge on any atom is 0.175 e. The highest BCUT2D eigenvalue weighted by atomic mass is 16.1. The van der Waals surface area contributed by atoms with Crippen LogP contribution in [0.3, 0.4) is 0 Å². The van der Waals surface area contributed by atoms with Crippen molar-refractivity contribution >= 4 is 11.6 Å². The zero-order valence-electron chi connectivity index (χ0n) is 17.2. The van der Waals surface area contributed by atoms with Gasteiger partial charge in [-0.15, -0.1) is 20.4 Å². The first-order chi connectivity index (χ1) is 13.2. The second kappa shape index (κ2) is 10.9. The van der Waals surface area contributed by atoms with E-state index < -0.39 is 0 Å². The van der Waals surface area contributed by atoms with Crippen LogP contribution in [0.2, 0.25) is 0 Å². The van der Waals surface area contributed by atoms with Gasteiger partial charge < -0.3 is 0 Å². The highest BCUT2D eigenvalue weighted by molar-refractivity contribution is 5.86. The van der Waals surface area contributed by atoms with Crippen LogP contribution in [-0.4, -0.2) is 52.8 Å². The first kappa shape index (κ1) is 24.5. The molecule has 0 unspecified atom stereocenters. The number of carbonyl (C=O) groups excluding carboxylic acids is 2. The quantitative estimate of drug-likeness (QED) is 0.517. The lowest BCUT2D eigenvalue weighted by Crippen LogP contribution is -2.19. The van der Waals surface area contributed by atoms with Crippen molar-refractivity contribution in [1.82, 2.24) is 41.2 Å². The van der Waals surface area contributed by atoms with Gasteiger partial charge in [-0.05, 0) is 23.7 Å². The number of Topliss-reactive ketones (excluding diaryl/α,β-unsaturated/α-hetero) is 2. The fourth-order valence-corrected chi connectivity index (χ4v) is 3.03. The largest absolute Gasteiger partial charge is 0.300 e. The molecule has 29 heavy (non-hydrogen) atoms. The summed E-state index contributed by atoms with van der Waals surface area (Å²) >= 11 is 0. The molecule has 0 amide bonds. The van der Waals surface area contributed by atoms with Crippen molar-refractivity contribution in [3.63, 3.8) is 0 Å². The highest BCUT2D eigenvalue weighted by Crippen LogP contribution is 2.28. The van der Waals surface area contributed by atoms with Crippen LogP contribution in [0.1, 0.15) is 85.3 Å². The number of nitrogens with one attached hydrogen (secondary N) is 2. The SMILES string of the molecule is C.CC(C)(CCC(=O)CCC(=O)CCC(C)(C)Cc1nn[nH]n1)Cc1nn[nH]n1. The lowest BCUT2D eigenvalue weighted by Gasteiger charge is -2.22. The van der Waals surface area contributed by atoms with Crippen LogP contribution in [0.4, 0.5) is 0 Å². The molecule has 0 fully saturated rings. The van der Waals surface area contributed by atoms with Gasteiger partial charge in [-0.25, -0.2) is 0 Å². The van der Waals surface area contributed by atoms with E-state index in [2.05, 4.69) is 68.9 Å². The maximum atomic E-state index is 12.2. The van der Waals surface area contributed by atoms with E-state index in [0.717, 1.165) is 12.8 Å². The molecule has 2 heterocycles. The summed E-state index contributed by atoms with van der Waals surface area (Å²) in [6.07, 6.45) is 4.31. The number of aromatic amines is 2. The first-order valence-electron chi connectivity index (χ1n) is 9.63. The number of hydrogen-bond donors (Lipinski definition) is 2. The van der Waals surface area contributed by atoms with Gasteiger partial charge in [0.1, 0.15) is 11.6 Å². The Morgan fingerprint density at radius 1 is 0.724 bits per heavy atom. The Bertz CT molecular complexity index is 674. The molecule has 0 aromatic carbocycles. The van der Waals surface area contributed by atoms with Gasteiger partial charge in [0.25, 0.3) is 0 Å². The number of H-pyrrole nitrogens is 2. The van der Waals surface area contributed by atoms with Crippen LogP contribution >= 0.6 is 0 Å². The molecule has 2 aromatic heterocycles. The number of carbonyl (C=O) groups is 2. The third-order valence-corrected chi connectivity index (χ3v) is 4.90. The molecule has 2 aromatic rings. The Morgan fingerprint density at radius 3 is 1.41 bits per heavy atom. The summed E-state index contributed by atoms with van der Waals surface area (Å²) in [5.74, 6) is 1.55. The minimum Gasteiger partial charge on any atom is -0.300 e. The zero-order chi connectivity index (χ0) is 20.6. The van der Waals surface area contributed by atoms with E-state index in [1.165, 1.54) is 0 Å². The maximum absolute atomic E-state index is 12.2. The third kappa shape index (κ3) is 9.49. The van der Waals surface area contributed by atoms with E-state index >= 15 is 0 Å². The summed E-state index contributed by atoms with van der Waals surface area (Å²) < 4.78 is 0. The summed E-state index contributed by atoms with van der Waals surface area (Å²) in [6, 6.07) is 0. The minimum atomic E-state index is -0.0945. The van der Waals surface area contributed by atoms with Crippen LogP contribution in [0.5, 0.6) is 0 Å². The molecule has 0 atom stereocenters. The number of hydrogen-bond acceptors (Lipinski definition) is 8. The average Bonchev–Trinajstić information content (AvgIpc) is 3.30. The number of ketones is 2. The third-order valence-electron chi connectivity index (χ3n) is 4.90. The van der Waals surface area contributed by atoms with Gasteiger partial charge in [0.15, 0.2) is 11.6 Å². The van der Waals surface area contributed by atoms with Gasteiger partial charge in [-0.1, -0.05) is 45.5 Å². The molecule has 2 N–H and O–H groups in total. The van der Waals surface area contributed by atoms with E-state index in [9.17, 15) is 9.59 Å². The van der Waals surface area contributed by atoms with Gasteiger partial charge >= 0.3 is 0 Å². The molecule has 0 aliphatic rings. The fraction of sp³-hybridized carbons (Fsp3) is 0.789. The van der Waals surface area contributed by atoms with Gasteiger partial charge in [-0.3, -0.25) is 9.59 Å². The molecule has 0 spiro atoms.